The van der Waals surface area contributed by atoms with Crippen LogP contribution in [0.5, 0.6) is 5.75 Å². The smallest absolute Gasteiger partial charge is 0.211 e. The maximum Gasteiger partial charge on any atom is 0.211 e. The summed E-state index contributed by atoms with van der Waals surface area (Å²) in [7, 11) is 0. The minimum atomic E-state index is -0.0523. The van der Waals surface area contributed by atoms with Gasteiger partial charge in [-0.15, -0.1) is 0 Å². The zero-order valence-corrected chi connectivity index (χ0v) is 9.78. The molecule has 0 spiro atoms. The van der Waals surface area contributed by atoms with E-state index >= 15 is 0 Å². The minimum absolute atomic E-state index is 0.0394. The maximum atomic E-state index is 12.3. The first-order valence-corrected chi connectivity index (χ1v) is 5.81. The van der Waals surface area contributed by atoms with Gasteiger partial charge in [-0.25, -0.2) is 0 Å². The van der Waals surface area contributed by atoms with E-state index in [1.54, 1.807) is 18.2 Å². The Morgan fingerprint density at radius 1 is 1.41 bits per heavy atom. The third-order valence-electron chi connectivity index (χ3n) is 2.93. The molecule has 2 aliphatic rings. The van der Waals surface area contributed by atoms with Crippen molar-refractivity contribution in [3.8, 4) is 5.75 Å². The molecule has 0 aromatic heterocycles. The van der Waals surface area contributed by atoms with Crippen molar-refractivity contribution in [3.05, 3.63) is 40.9 Å². The lowest BCUT2D eigenvalue weighted by atomic mass is 9.95. The Bertz CT molecular complexity index is 548. The summed E-state index contributed by atoms with van der Waals surface area (Å²) in [4.78, 5) is 16.6. The molecule has 17 heavy (non-hydrogen) atoms. The fourth-order valence-corrected chi connectivity index (χ4v) is 2.24. The van der Waals surface area contributed by atoms with Crippen LogP contribution in [-0.4, -0.2) is 24.6 Å². The fourth-order valence-electron chi connectivity index (χ4n) is 2.08. The molecule has 0 N–H and O–H groups in total. The minimum Gasteiger partial charge on any atom is -0.492 e. The highest BCUT2D eigenvalue weighted by Gasteiger charge is 2.29. The molecule has 86 valence electrons. The summed E-state index contributed by atoms with van der Waals surface area (Å²) >= 11 is 5.89. The normalized spacial score (nSPS) is 22.1. The van der Waals surface area contributed by atoms with E-state index in [0.29, 0.717) is 35.2 Å². The molecular weight excluding hydrogens is 238 g/mol. The zero-order chi connectivity index (χ0) is 11.8. The van der Waals surface area contributed by atoms with Gasteiger partial charge in [0.25, 0.3) is 0 Å². The van der Waals surface area contributed by atoms with Gasteiger partial charge in [-0.05, 0) is 18.2 Å². The molecule has 0 saturated heterocycles. The first kappa shape index (κ1) is 10.5. The van der Waals surface area contributed by atoms with Gasteiger partial charge in [0.1, 0.15) is 12.4 Å². The lowest BCUT2D eigenvalue weighted by Gasteiger charge is -2.13. The number of halogens is 1. The highest BCUT2D eigenvalue weighted by Crippen LogP contribution is 2.29. The quantitative estimate of drug-likeness (QED) is 0.661. The molecule has 1 atom stereocenters. The highest BCUT2D eigenvalue weighted by atomic mass is 35.5. The Morgan fingerprint density at radius 3 is 3.18 bits per heavy atom. The topological polar surface area (TPSA) is 38.7 Å². The van der Waals surface area contributed by atoms with E-state index in [4.69, 9.17) is 16.3 Å². The second-order valence-electron chi connectivity index (χ2n) is 4.04. The second-order valence-corrected chi connectivity index (χ2v) is 4.48. The number of aliphatic imine (C=N–C) groups is 1. The van der Waals surface area contributed by atoms with Crippen molar-refractivity contribution in [2.24, 2.45) is 10.9 Å². The first-order valence-electron chi connectivity index (χ1n) is 5.44. The van der Waals surface area contributed by atoms with Gasteiger partial charge >= 0.3 is 0 Å². The maximum absolute atomic E-state index is 12.3. The molecule has 0 aliphatic carbocycles. The summed E-state index contributed by atoms with van der Waals surface area (Å²) in [5.74, 6) is 0.457. The van der Waals surface area contributed by atoms with Crippen LogP contribution in [0.25, 0.3) is 0 Å². The Kier molecular flexibility index (Phi) is 2.48. The molecule has 2 heterocycles. The molecule has 3 nitrogen and oxygen atoms in total. The Labute approximate surface area is 104 Å². The number of dihydropyridines is 1. The number of ether oxygens (including phenoxy) is 1. The van der Waals surface area contributed by atoms with Crippen LogP contribution in [0.1, 0.15) is 10.4 Å². The molecule has 0 bridgehead atoms. The summed E-state index contributed by atoms with van der Waals surface area (Å²) in [5.41, 5.74) is 1.14. The SMILES string of the molecule is O=C1C2=NCC=CC2COc2cc(Cl)ccc21. The number of ketones is 1. The first-order chi connectivity index (χ1) is 8.25. The van der Waals surface area contributed by atoms with Crippen LogP contribution in [0.3, 0.4) is 0 Å². The van der Waals surface area contributed by atoms with Gasteiger partial charge in [0, 0.05) is 5.02 Å². The van der Waals surface area contributed by atoms with Crippen LogP contribution in [0.4, 0.5) is 0 Å². The van der Waals surface area contributed by atoms with E-state index < -0.39 is 0 Å². The largest absolute Gasteiger partial charge is 0.492 e. The molecule has 0 radical (unpaired) electrons. The van der Waals surface area contributed by atoms with Crippen LogP contribution < -0.4 is 4.74 Å². The van der Waals surface area contributed by atoms with Gasteiger partial charge in [0.2, 0.25) is 5.78 Å². The number of hydrogen-bond donors (Lipinski definition) is 0. The van der Waals surface area contributed by atoms with Crippen molar-refractivity contribution in [1.29, 1.82) is 0 Å². The van der Waals surface area contributed by atoms with Gasteiger partial charge in [-0.1, -0.05) is 23.8 Å². The summed E-state index contributed by atoms with van der Waals surface area (Å²) in [6, 6.07) is 5.07. The van der Waals surface area contributed by atoms with Crippen LogP contribution in [0.2, 0.25) is 5.02 Å². The standard InChI is InChI=1S/C13H10ClNO2/c14-9-3-4-10-11(6-9)17-7-8-2-1-5-15-12(8)13(10)16/h1-4,6,8H,5,7H2. The average Bonchev–Trinajstić information content (AvgIpc) is 2.48. The number of nitrogens with zero attached hydrogens (tertiary/aromatic N) is 1. The third kappa shape index (κ3) is 1.76. The zero-order valence-electron chi connectivity index (χ0n) is 9.02. The van der Waals surface area contributed by atoms with Gasteiger partial charge in [0.15, 0.2) is 0 Å². The van der Waals surface area contributed by atoms with Crippen molar-refractivity contribution in [1.82, 2.24) is 0 Å². The molecule has 3 rings (SSSR count). The molecule has 1 aromatic carbocycles. The third-order valence-corrected chi connectivity index (χ3v) is 3.16. The molecule has 0 fully saturated rings. The molecule has 4 heteroatoms. The van der Waals surface area contributed by atoms with Gasteiger partial charge in [-0.2, -0.15) is 0 Å². The monoisotopic (exact) mass is 247 g/mol. The van der Waals surface area contributed by atoms with Crippen molar-refractivity contribution in [2.45, 2.75) is 0 Å². The highest BCUT2D eigenvalue weighted by molar-refractivity contribution is 6.48. The predicted octanol–water partition coefficient (Wildman–Crippen LogP) is 2.54. The van der Waals surface area contributed by atoms with Crippen LogP contribution in [-0.2, 0) is 0 Å². The van der Waals surface area contributed by atoms with Crippen molar-refractivity contribution >= 4 is 23.1 Å². The molecule has 0 amide bonds. The fraction of sp³-hybridized carbons (Fsp3) is 0.231. The summed E-state index contributed by atoms with van der Waals surface area (Å²) in [5, 5.41) is 0.568. The van der Waals surface area contributed by atoms with E-state index in [1.807, 2.05) is 12.2 Å². The molecule has 2 aliphatic heterocycles. The van der Waals surface area contributed by atoms with Crippen molar-refractivity contribution in [2.75, 3.05) is 13.2 Å². The van der Waals surface area contributed by atoms with Gasteiger partial charge in [0.05, 0.1) is 23.7 Å². The number of fused-ring (bicyclic) bond motifs is 2. The molecule has 1 unspecified atom stereocenters. The lowest BCUT2D eigenvalue weighted by Crippen LogP contribution is -2.26. The Balaban J connectivity index is 2.10. The number of benzene rings is 1. The predicted molar refractivity (Wildman–Crippen MR) is 66.2 cm³/mol. The van der Waals surface area contributed by atoms with Crippen molar-refractivity contribution in [3.63, 3.8) is 0 Å². The number of carbonyl (C=O) groups is 1. The molecule has 0 saturated carbocycles. The number of rotatable bonds is 0. The average molecular weight is 248 g/mol. The number of hydrogen-bond acceptors (Lipinski definition) is 3. The van der Waals surface area contributed by atoms with Crippen molar-refractivity contribution < 1.29 is 9.53 Å². The number of Topliss-reactive ketones (excluding diaryl/α,β-unsaturated/α-hetero) is 1. The van der Waals surface area contributed by atoms with E-state index in [0.717, 1.165) is 0 Å². The summed E-state index contributed by atoms with van der Waals surface area (Å²) < 4.78 is 5.63. The summed E-state index contributed by atoms with van der Waals surface area (Å²) in [6.45, 7) is 1.01. The van der Waals surface area contributed by atoms with E-state index in [2.05, 4.69) is 4.99 Å². The number of carbonyl (C=O) groups excluding carboxylic acids is 1. The second kappa shape index (κ2) is 4.00. The molecule has 1 aromatic rings. The van der Waals surface area contributed by atoms with Crippen LogP contribution in [0, 0.1) is 5.92 Å². The van der Waals surface area contributed by atoms with E-state index in [1.165, 1.54) is 0 Å². The molecular formula is C13H10ClNO2. The van der Waals surface area contributed by atoms with E-state index in [9.17, 15) is 4.79 Å². The van der Waals surface area contributed by atoms with E-state index in [-0.39, 0.29) is 11.7 Å². The Hall–Kier alpha value is -1.61. The van der Waals surface area contributed by atoms with Crippen LogP contribution >= 0.6 is 11.6 Å². The van der Waals surface area contributed by atoms with Gasteiger partial charge < -0.3 is 4.74 Å². The lowest BCUT2D eigenvalue weighted by molar-refractivity contribution is 0.106. The Morgan fingerprint density at radius 2 is 2.29 bits per heavy atom. The summed E-state index contributed by atoms with van der Waals surface area (Å²) in [6.07, 6.45) is 3.93. The van der Waals surface area contributed by atoms with Gasteiger partial charge in [-0.3, -0.25) is 9.79 Å². The van der Waals surface area contributed by atoms with Crippen LogP contribution in [0.15, 0.2) is 35.3 Å².